The van der Waals surface area contributed by atoms with Crippen LogP contribution in [0, 0.1) is 23.7 Å². The van der Waals surface area contributed by atoms with Gasteiger partial charge in [-0.1, -0.05) is 20.3 Å². The molecule has 104 valence electrons. The summed E-state index contributed by atoms with van der Waals surface area (Å²) in [4.78, 5) is 21.1. The number of carboxylic acids is 1. The molecule has 0 saturated heterocycles. The minimum absolute atomic E-state index is 0.0127. The first kappa shape index (κ1) is 15.0. The van der Waals surface area contributed by atoms with Crippen LogP contribution >= 0.6 is 0 Å². The molecule has 0 spiro atoms. The van der Waals surface area contributed by atoms with Crippen molar-refractivity contribution >= 4 is 11.9 Å². The third-order valence-electron chi connectivity index (χ3n) is 4.27. The number of rotatable bonds is 3. The lowest BCUT2D eigenvalue weighted by Crippen LogP contribution is -2.19. The number of methoxy groups -OCH3 is 1. The fraction of sp³-hybridized carbons (Fsp3) is 0.857. The zero-order valence-electron chi connectivity index (χ0n) is 11.5. The van der Waals surface area contributed by atoms with E-state index in [2.05, 4.69) is 4.74 Å². The lowest BCUT2D eigenvalue weighted by molar-refractivity contribution is -0.145. The van der Waals surface area contributed by atoms with Crippen molar-refractivity contribution in [1.82, 2.24) is 0 Å². The fourth-order valence-electron chi connectivity index (χ4n) is 2.92. The molecular weight excluding hydrogens is 232 g/mol. The quantitative estimate of drug-likeness (QED) is 0.788. The number of hydrogen-bond donors (Lipinski definition) is 1. The van der Waals surface area contributed by atoms with E-state index in [4.69, 9.17) is 5.11 Å². The largest absolute Gasteiger partial charge is 0.481 e. The Kier molecular flexibility index (Phi) is 5.63. The topological polar surface area (TPSA) is 63.6 Å². The van der Waals surface area contributed by atoms with Crippen LogP contribution in [-0.2, 0) is 14.3 Å². The first-order chi connectivity index (χ1) is 8.49. The van der Waals surface area contributed by atoms with Crippen molar-refractivity contribution in [3.8, 4) is 0 Å². The highest BCUT2D eigenvalue weighted by Gasteiger charge is 2.42. The van der Waals surface area contributed by atoms with Crippen LogP contribution in [-0.4, -0.2) is 24.2 Å². The highest BCUT2D eigenvalue weighted by atomic mass is 16.5. The zero-order valence-corrected chi connectivity index (χ0v) is 11.5. The Morgan fingerprint density at radius 3 is 2.22 bits per heavy atom. The molecule has 0 aromatic carbocycles. The summed E-state index contributed by atoms with van der Waals surface area (Å²) in [6, 6.07) is 0. The van der Waals surface area contributed by atoms with Gasteiger partial charge >= 0.3 is 11.9 Å². The Labute approximate surface area is 109 Å². The number of esters is 1. The Bertz CT molecular complexity index is 300. The average Bonchev–Trinajstić information content (AvgIpc) is 2.99. The number of carbonyl (C=O) groups is 2. The minimum Gasteiger partial charge on any atom is -0.481 e. The van der Waals surface area contributed by atoms with Gasteiger partial charge in [-0.15, -0.1) is 0 Å². The van der Waals surface area contributed by atoms with Crippen molar-refractivity contribution in [3.05, 3.63) is 0 Å². The maximum absolute atomic E-state index is 10.6. The molecule has 2 rings (SSSR count). The van der Waals surface area contributed by atoms with Crippen molar-refractivity contribution < 1.29 is 19.4 Å². The summed E-state index contributed by atoms with van der Waals surface area (Å²) in [5.41, 5.74) is 0. The van der Waals surface area contributed by atoms with Gasteiger partial charge < -0.3 is 9.84 Å². The summed E-state index contributed by atoms with van der Waals surface area (Å²) >= 11 is 0. The molecule has 0 aromatic rings. The maximum Gasteiger partial charge on any atom is 0.308 e. The number of carboxylic acid groups (broad SMARTS) is 1. The van der Waals surface area contributed by atoms with Crippen LogP contribution in [0.4, 0.5) is 0 Å². The second-order valence-electron chi connectivity index (χ2n) is 5.45. The number of aliphatic carboxylic acids is 1. The Morgan fingerprint density at radius 1 is 1.33 bits per heavy atom. The molecule has 2 saturated carbocycles. The average molecular weight is 256 g/mol. The van der Waals surface area contributed by atoms with Crippen LogP contribution in [0.25, 0.3) is 0 Å². The van der Waals surface area contributed by atoms with Gasteiger partial charge in [0.15, 0.2) is 0 Å². The molecule has 0 heterocycles. The molecule has 2 fully saturated rings. The van der Waals surface area contributed by atoms with E-state index >= 15 is 0 Å². The van der Waals surface area contributed by atoms with E-state index in [0.29, 0.717) is 5.92 Å². The van der Waals surface area contributed by atoms with Gasteiger partial charge in [-0.25, -0.2) is 0 Å². The van der Waals surface area contributed by atoms with Crippen LogP contribution in [0.1, 0.15) is 46.0 Å². The molecule has 2 aliphatic carbocycles. The standard InChI is InChI=1S/C8H12O2.C6H12O2/c9-8(10)7-4-5-1-2-6(7)3-5;1-4-5(2)6(7)8-3/h5-7H,1-4H2,(H,9,10);5H,4H2,1-3H3. The van der Waals surface area contributed by atoms with Crippen molar-refractivity contribution in [2.24, 2.45) is 23.7 Å². The van der Waals surface area contributed by atoms with Crippen molar-refractivity contribution in [2.75, 3.05) is 7.11 Å². The number of carbonyl (C=O) groups excluding carboxylic acids is 1. The molecule has 2 bridgehead atoms. The van der Waals surface area contributed by atoms with Gasteiger partial charge in [-0.3, -0.25) is 9.59 Å². The van der Waals surface area contributed by atoms with E-state index in [1.54, 1.807) is 0 Å². The molecule has 4 atom stereocenters. The summed E-state index contributed by atoms with van der Waals surface area (Å²) in [5, 5.41) is 8.74. The van der Waals surface area contributed by atoms with Crippen LogP contribution < -0.4 is 0 Å². The van der Waals surface area contributed by atoms with E-state index in [0.717, 1.165) is 18.8 Å². The van der Waals surface area contributed by atoms with E-state index < -0.39 is 5.97 Å². The summed E-state index contributed by atoms with van der Waals surface area (Å²) < 4.78 is 4.46. The third-order valence-corrected chi connectivity index (χ3v) is 4.27. The highest BCUT2D eigenvalue weighted by Crippen LogP contribution is 2.48. The summed E-state index contributed by atoms with van der Waals surface area (Å²) in [7, 11) is 1.41. The molecule has 1 N–H and O–H groups in total. The fourth-order valence-corrected chi connectivity index (χ4v) is 2.92. The Balaban J connectivity index is 0.000000187. The van der Waals surface area contributed by atoms with Crippen LogP contribution in [0.3, 0.4) is 0 Å². The summed E-state index contributed by atoms with van der Waals surface area (Å²) in [6.07, 6.45) is 5.46. The van der Waals surface area contributed by atoms with Crippen molar-refractivity contribution in [2.45, 2.75) is 46.0 Å². The molecule has 0 aliphatic heterocycles. The van der Waals surface area contributed by atoms with Crippen molar-refractivity contribution in [3.63, 3.8) is 0 Å². The second-order valence-corrected chi connectivity index (χ2v) is 5.45. The maximum atomic E-state index is 10.6. The number of ether oxygens (including phenoxy) is 1. The summed E-state index contributed by atoms with van der Waals surface area (Å²) in [5.74, 6) is 0.673. The molecule has 2 aliphatic rings. The molecule has 4 nitrogen and oxygen atoms in total. The van der Waals surface area contributed by atoms with Gasteiger partial charge in [0.2, 0.25) is 0 Å². The number of hydrogen-bond acceptors (Lipinski definition) is 3. The summed E-state index contributed by atoms with van der Waals surface area (Å²) in [6.45, 7) is 3.81. The van der Waals surface area contributed by atoms with Gasteiger partial charge in [-0.05, 0) is 37.5 Å². The van der Waals surface area contributed by atoms with Gasteiger partial charge in [-0.2, -0.15) is 0 Å². The molecule has 0 aromatic heterocycles. The smallest absolute Gasteiger partial charge is 0.308 e. The first-order valence-corrected chi connectivity index (χ1v) is 6.80. The number of fused-ring (bicyclic) bond motifs is 2. The molecule has 4 heteroatoms. The van der Waals surface area contributed by atoms with Crippen LogP contribution in [0.5, 0.6) is 0 Å². The lowest BCUT2D eigenvalue weighted by Gasteiger charge is -2.16. The molecule has 4 unspecified atom stereocenters. The van der Waals surface area contributed by atoms with E-state index in [1.807, 2.05) is 13.8 Å². The zero-order chi connectivity index (χ0) is 13.7. The lowest BCUT2D eigenvalue weighted by atomic mass is 9.89. The molecule has 18 heavy (non-hydrogen) atoms. The molecule has 0 amide bonds. The highest BCUT2D eigenvalue weighted by molar-refractivity contribution is 5.71. The normalized spacial score (nSPS) is 30.3. The predicted octanol–water partition coefficient (Wildman–Crippen LogP) is 2.71. The van der Waals surface area contributed by atoms with Gasteiger partial charge in [0, 0.05) is 0 Å². The minimum atomic E-state index is -0.563. The Hall–Kier alpha value is -1.06. The van der Waals surface area contributed by atoms with Crippen LogP contribution in [0.2, 0.25) is 0 Å². The molecule has 0 radical (unpaired) electrons. The van der Waals surface area contributed by atoms with Gasteiger partial charge in [0.05, 0.1) is 18.9 Å². The second kappa shape index (κ2) is 6.76. The molecular formula is C14H24O4. The van der Waals surface area contributed by atoms with Crippen LogP contribution in [0.15, 0.2) is 0 Å². The van der Waals surface area contributed by atoms with E-state index in [-0.39, 0.29) is 17.8 Å². The SMILES string of the molecule is CCC(C)C(=O)OC.O=C(O)C1CC2CCC1C2. The van der Waals surface area contributed by atoms with Gasteiger partial charge in [0.25, 0.3) is 0 Å². The van der Waals surface area contributed by atoms with E-state index in [1.165, 1.54) is 26.4 Å². The van der Waals surface area contributed by atoms with Gasteiger partial charge in [0.1, 0.15) is 0 Å². The first-order valence-electron chi connectivity index (χ1n) is 6.80. The third kappa shape index (κ3) is 3.72. The Morgan fingerprint density at radius 2 is 2.00 bits per heavy atom. The van der Waals surface area contributed by atoms with E-state index in [9.17, 15) is 9.59 Å². The monoisotopic (exact) mass is 256 g/mol. The van der Waals surface area contributed by atoms with Crippen molar-refractivity contribution in [1.29, 1.82) is 0 Å². The predicted molar refractivity (Wildman–Crippen MR) is 68.0 cm³/mol.